The molecule has 192 valence electrons. The monoisotopic (exact) mass is 501 g/mol. The number of carbonyl (C=O) groups excluding carboxylic acids is 1. The maximum Gasteiger partial charge on any atom is 0.271 e. The predicted octanol–water partition coefficient (Wildman–Crippen LogP) is 4.04. The van der Waals surface area contributed by atoms with E-state index in [1.807, 2.05) is 0 Å². The molecular weight excluding hydrogens is 472 g/mol. The Bertz CT molecular complexity index is 1260. The van der Waals surface area contributed by atoms with E-state index in [2.05, 4.69) is 15.5 Å². The van der Waals surface area contributed by atoms with Crippen molar-refractivity contribution in [3.05, 3.63) is 64.7 Å². The topological polar surface area (TPSA) is 111 Å². The lowest BCUT2D eigenvalue weighted by Crippen LogP contribution is -2.36. The number of halogens is 2. The van der Waals surface area contributed by atoms with Crippen molar-refractivity contribution in [2.45, 2.75) is 64.1 Å². The van der Waals surface area contributed by atoms with Gasteiger partial charge in [-0.15, -0.1) is 0 Å². The van der Waals surface area contributed by atoms with Crippen LogP contribution in [0.2, 0.25) is 0 Å². The minimum Gasteiger partial charge on any atom is -0.449 e. The molecule has 11 heteroatoms. The Balaban J connectivity index is 1.56. The molecule has 0 saturated heterocycles. The Morgan fingerprint density at radius 2 is 1.94 bits per heavy atom. The van der Waals surface area contributed by atoms with Gasteiger partial charge in [0.1, 0.15) is 6.04 Å². The molecule has 0 aliphatic heterocycles. The summed E-state index contributed by atoms with van der Waals surface area (Å²) in [6.07, 6.45) is 7.22. The molecule has 4 rings (SSSR count). The average molecular weight is 502 g/mol. The summed E-state index contributed by atoms with van der Waals surface area (Å²) in [7, 11) is 0. The molecule has 0 bridgehead atoms. The van der Waals surface area contributed by atoms with Gasteiger partial charge in [-0.1, -0.05) is 31.7 Å². The lowest BCUT2D eigenvalue weighted by molar-refractivity contribution is -0.120. The van der Waals surface area contributed by atoms with Crippen LogP contribution in [0.25, 0.3) is 0 Å². The van der Waals surface area contributed by atoms with Crippen LogP contribution in [-0.2, 0) is 11.3 Å². The number of ether oxygens (including phenoxy) is 1. The Labute approximate surface area is 206 Å². The van der Waals surface area contributed by atoms with Crippen LogP contribution in [0.1, 0.15) is 52.0 Å². The van der Waals surface area contributed by atoms with Crippen LogP contribution in [-0.4, -0.2) is 36.2 Å². The molecule has 1 aliphatic rings. The zero-order chi connectivity index (χ0) is 25.9. The molecule has 1 amide bonds. The van der Waals surface area contributed by atoms with Crippen LogP contribution >= 0.6 is 0 Å². The lowest BCUT2D eigenvalue weighted by atomic mass is 9.98. The number of para-hydroxylation sites is 1. The highest BCUT2D eigenvalue weighted by Crippen LogP contribution is 2.32. The summed E-state index contributed by atoms with van der Waals surface area (Å²) in [6.45, 7) is 3.53. The van der Waals surface area contributed by atoms with E-state index in [1.165, 1.54) is 10.7 Å². The Kier molecular flexibility index (Phi) is 7.48. The van der Waals surface area contributed by atoms with Crippen molar-refractivity contribution in [1.29, 1.82) is 0 Å². The van der Waals surface area contributed by atoms with Crippen molar-refractivity contribution < 1.29 is 23.4 Å². The number of rotatable bonds is 9. The maximum absolute atomic E-state index is 13.9. The van der Waals surface area contributed by atoms with Gasteiger partial charge in [0.2, 0.25) is 0 Å². The van der Waals surface area contributed by atoms with Gasteiger partial charge < -0.3 is 15.2 Å². The van der Waals surface area contributed by atoms with Crippen molar-refractivity contribution in [2.24, 2.45) is 5.92 Å². The molecular formula is C25H29F2N5O4. The number of aromatic nitrogens is 4. The van der Waals surface area contributed by atoms with Crippen molar-refractivity contribution in [2.75, 3.05) is 5.32 Å². The molecule has 1 saturated carbocycles. The van der Waals surface area contributed by atoms with E-state index in [0.29, 0.717) is 6.42 Å². The normalized spacial score (nSPS) is 15.1. The van der Waals surface area contributed by atoms with Crippen LogP contribution in [0.5, 0.6) is 11.5 Å². The highest BCUT2D eigenvalue weighted by atomic mass is 19.1. The van der Waals surface area contributed by atoms with E-state index in [9.17, 15) is 23.5 Å². The van der Waals surface area contributed by atoms with Crippen molar-refractivity contribution in [1.82, 2.24) is 19.6 Å². The number of nitrogens with zero attached hydrogens (tertiary/aromatic N) is 4. The molecule has 3 aromatic rings. The highest BCUT2D eigenvalue weighted by molar-refractivity contribution is 5.92. The average Bonchev–Trinajstić information content (AvgIpc) is 3.46. The van der Waals surface area contributed by atoms with Gasteiger partial charge in [-0.05, 0) is 38.3 Å². The van der Waals surface area contributed by atoms with E-state index >= 15 is 0 Å². The van der Waals surface area contributed by atoms with Gasteiger partial charge in [0.25, 0.3) is 11.5 Å². The first-order valence-corrected chi connectivity index (χ1v) is 11.9. The second-order valence-corrected chi connectivity index (χ2v) is 9.73. The number of benzene rings is 1. The number of carbonyl (C=O) groups is 1. The van der Waals surface area contributed by atoms with Gasteiger partial charge in [0, 0.05) is 18.3 Å². The van der Waals surface area contributed by atoms with Crippen molar-refractivity contribution in [3.8, 4) is 11.5 Å². The van der Waals surface area contributed by atoms with E-state index < -0.39 is 40.5 Å². The number of nitrogens with one attached hydrogen (secondary N) is 1. The molecule has 0 spiro atoms. The molecule has 0 unspecified atom stereocenters. The molecule has 0 radical (unpaired) electrons. The van der Waals surface area contributed by atoms with Gasteiger partial charge >= 0.3 is 0 Å². The Morgan fingerprint density at radius 1 is 1.25 bits per heavy atom. The maximum atomic E-state index is 13.9. The van der Waals surface area contributed by atoms with E-state index in [1.54, 1.807) is 26.1 Å². The molecule has 1 fully saturated rings. The molecule has 1 aliphatic carbocycles. The zero-order valence-corrected chi connectivity index (χ0v) is 20.2. The summed E-state index contributed by atoms with van der Waals surface area (Å²) in [5.74, 6) is -2.54. The summed E-state index contributed by atoms with van der Waals surface area (Å²) in [5, 5.41) is 21.1. The summed E-state index contributed by atoms with van der Waals surface area (Å²) in [5.41, 5.74) is -1.62. The van der Waals surface area contributed by atoms with E-state index in [-0.39, 0.29) is 24.0 Å². The summed E-state index contributed by atoms with van der Waals surface area (Å²) in [4.78, 5) is 26.2. The lowest BCUT2D eigenvalue weighted by Gasteiger charge is -2.21. The molecule has 9 nitrogen and oxygen atoms in total. The fourth-order valence-corrected chi connectivity index (χ4v) is 4.39. The van der Waals surface area contributed by atoms with Crippen molar-refractivity contribution >= 4 is 11.7 Å². The number of amides is 1. The number of hydrogen-bond donors (Lipinski definition) is 2. The number of aliphatic hydroxyl groups is 1. The zero-order valence-electron chi connectivity index (χ0n) is 20.2. The van der Waals surface area contributed by atoms with E-state index in [0.717, 1.165) is 54.8 Å². The predicted molar refractivity (Wildman–Crippen MR) is 128 cm³/mol. The Hall–Kier alpha value is -3.60. The van der Waals surface area contributed by atoms with Gasteiger partial charge in [-0.2, -0.15) is 10.2 Å². The third-order valence-corrected chi connectivity index (χ3v) is 6.01. The van der Waals surface area contributed by atoms with Gasteiger partial charge in [-0.3, -0.25) is 14.3 Å². The minimum atomic E-state index is -0.981. The van der Waals surface area contributed by atoms with Crippen molar-refractivity contribution in [3.63, 3.8) is 0 Å². The van der Waals surface area contributed by atoms with Gasteiger partial charge in [-0.25, -0.2) is 13.5 Å². The van der Waals surface area contributed by atoms with E-state index in [4.69, 9.17) is 4.74 Å². The quantitative estimate of drug-likeness (QED) is 0.458. The third kappa shape index (κ3) is 6.34. The summed E-state index contributed by atoms with van der Waals surface area (Å²) >= 11 is 0. The van der Waals surface area contributed by atoms with Crippen LogP contribution in [0.3, 0.4) is 0 Å². The minimum absolute atomic E-state index is 0.148. The van der Waals surface area contributed by atoms with Gasteiger partial charge in [0.05, 0.1) is 18.3 Å². The molecule has 2 heterocycles. The highest BCUT2D eigenvalue weighted by Gasteiger charge is 2.29. The molecule has 1 atom stereocenters. The second-order valence-electron chi connectivity index (χ2n) is 9.73. The number of hydrogen-bond acceptors (Lipinski definition) is 6. The van der Waals surface area contributed by atoms with Crippen LogP contribution < -0.4 is 15.6 Å². The van der Waals surface area contributed by atoms with Crippen LogP contribution in [0, 0.1) is 17.6 Å². The molecule has 1 aromatic carbocycles. The smallest absolute Gasteiger partial charge is 0.271 e. The molecule has 36 heavy (non-hydrogen) atoms. The summed E-state index contributed by atoms with van der Waals surface area (Å²) in [6, 6.07) is 5.01. The fraction of sp³-hybridized carbons (Fsp3) is 0.440. The standard InChI is InChI=1S/C25H29F2N5O4/c1-25(2,35)15-31-11-10-21(30-31)29-24(34)20(12-16-6-3-4-7-16)32-22(33)13-17(14-28-32)36-23-18(26)8-5-9-19(23)27/h5,8-11,13-14,16,20,35H,3-4,6-7,12,15H2,1-2H3,(H,29,30,34)/t20-/m0/s1. The first-order chi connectivity index (χ1) is 17.1. The number of anilines is 1. The Morgan fingerprint density at radius 3 is 2.58 bits per heavy atom. The molecule has 2 aromatic heterocycles. The summed E-state index contributed by atoms with van der Waals surface area (Å²) < 4.78 is 35.7. The fourth-order valence-electron chi connectivity index (χ4n) is 4.39. The first-order valence-electron chi connectivity index (χ1n) is 11.9. The molecule has 2 N–H and O–H groups in total. The van der Waals surface area contributed by atoms with Gasteiger partial charge in [0.15, 0.2) is 29.0 Å². The third-order valence-electron chi connectivity index (χ3n) is 6.01. The van der Waals surface area contributed by atoms with Crippen LogP contribution in [0.15, 0.2) is 47.5 Å². The first kappa shape index (κ1) is 25.5. The second kappa shape index (κ2) is 10.6. The van der Waals surface area contributed by atoms with Crippen LogP contribution in [0.4, 0.5) is 14.6 Å². The largest absolute Gasteiger partial charge is 0.449 e. The SMILES string of the molecule is CC(C)(O)Cn1ccc(NC(=O)[C@H](CC2CCCC2)n2ncc(Oc3c(F)cccc3F)cc2=O)n1.